The molecule has 0 radical (unpaired) electrons. The largest absolute Gasteiger partial charge is 0.0622 e. The van der Waals surface area contributed by atoms with Gasteiger partial charge in [0, 0.05) is 10.8 Å². The van der Waals surface area contributed by atoms with Crippen LogP contribution in [0.3, 0.4) is 0 Å². The fourth-order valence-electron chi connectivity index (χ4n) is 11.2. The average molecular weight is 827 g/mol. The van der Waals surface area contributed by atoms with Crippen molar-refractivity contribution in [1.29, 1.82) is 0 Å². The van der Waals surface area contributed by atoms with E-state index in [2.05, 4.69) is 239 Å². The van der Waals surface area contributed by atoms with Crippen molar-refractivity contribution in [1.82, 2.24) is 0 Å². The summed E-state index contributed by atoms with van der Waals surface area (Å²) in [5.74, 6) is 0. The number of rotatable bonds is 4. The summed E-state index contributed by atoms with van der Waals surface area (Å²) in [5, 5.41) is 5.20. The molecule has 0 unspecified atom stereocenters. The van der Waals surface area contributed by atoms with Gasteiger partial charge in [-0.2, -0.15) is 0 Å². The molecule has 2 aliphatic rings. The van der Waals surface area contributed by atoms with Crippen molar-refractivity contribution in [3.8, 4) is 66.8 Å². The van der Waals surface area contributed by atoms with Gasteiger partial charge in [-0.25, -0.2) is 0 Å². The maximum Gasteiger partial charge on any atom is 0.0159 e. The molecular weight excluding hydrogens is 769 g/mol. The molecule has 0 saturated carbocycles. The lowest BCUT2D eigenvalue weighted by atomic mass is 9.79. The average Bonchev–Trinajstić information content (AvgIpc) is 3.65. The number of hydrogen-bond donors (Lipinski definition) is 0. The van der Waals surface area contributed by atoms with Crippen LogP contribution >= 0.6 is 0 Å². The quantitative estimate of drug-likeness (QED) is 0.155. The van der Waals surface area contributed by atoms with Gasteiger partial charge in [-0.05, 0) is 169 Å². The van der Waals surface area contributed by atoms with Crippen LogP contribution in [0.25, 0.3) is 88.3 Å². The Balaban J connectivity index is 1.03. The van der Waals surface area contributed by atoms with Crippen molar-refractivity contribution >= 4 is 21.5 Å². The molecule has 0 N–H and O–H groups in total. The summed E-state index contributed by atoms with van der Waals surface area (Å²) in [5.41, 5.74) is 23.7. The second-order valence-electron chi connectivity index (χ2n) is 21.8. The van der Waals surface area contributed by atoms with Gasteiger partial charge < -0.3 is 0 Å². The lowest BCUT2D eigenvalue weighted by Gasteiger charge is -2.25. The first-order valence-electron chi connectivity index (χ1n) is 23.2. The fourth-order valence-corrected chi connectivity index (χ4v) is 11.2. The van der Waals surface area contributed by atoms with Crippen molar-refractivity contribution in [2.75, 3.05) is 0 Å². The van der Waals surface area contributed by atoms with Gasteiger partial charge in [-0.15, -0.1) is 0 Å². The van der Waals surface area contributed by atoms with E-state index in [-0.39, 0.29) is 21.7 Å². The maximum atomic E-state index is 2.48. The van der Waals surface area contributed by atoms with E-state index in [0.717, 1.165) is 0 Å². The van der Waals surface area contributed by atoms with Crippen LogP contribution in [0.5, 0.6) is 0 Å². The Morgan fingerprint density at radius 1 is 0.281 bits per heavy atom. The van der Waals surface area contributed by atoms with Gasteiger partial charge in [-0.1, -0.05) is 203 Å². The van der Waals surface area contributed by atoms with Crippen molar-refractivity contribution in [2.24, 2.45) is 0 Å². The monoisotopic (exact) mass is 826 g/mol. The van der Waals surface area contributed by atoms with E-state index in [4.69, 9.17) is 0 Å². The molecule has 0 aromatic heterocycles. The minimum absolute atomic E-state index is 0.00542. The van der Waals surface area contributed by atoms with Crippen LogP contribution in [-0.4, -0.2) is 0 Å². The predicted molar refractivity (Wildman–Crippen MR) is 276 cm³/mol. The van der Waals surface area contributed by atoms with E-state index in [9.17, 15) is 0 Å². The highest BCUT2D eigenvalue weighted by Gasteiger charge is 2.38. The van der Waals surface area contributed by atoms with Crippen LogP contribution in [-0.2, 0) is 21.7 Å². The third-order valence-electron chi connectivity index (χ3n) is 15.0. The van der Waals surface area contributed by atoms with Crippen LogP contribution in [0, 0.1) is 0 Å². The van der Waals surface area contributed by atoms with Gasteiger partial charge in [0.15, 0.2) is 0 Å². The highest BCUT2D eigenvalue weighted by Crippen LogP contribution is 2.53. The Hall–Kier alpha value is -6.50. The molecule has 314 valence electrons. The Morgan fingerprint density at radius 3 is 1.17 bits per heavy atom. The van der Waals surface area contributed by atoms with Gasteiger partial charge in [0.1, 0.15) is 0 Å². The van der Waals surface area contributed by atoms with E-state index < -0.39 is 0 Å². The standard InChI is InChI=1S/C64H58/c1-61(2,3)45-27-32-52-53(37-45)59(39-17-12-11-13-18-39)51-31-26-46(62(4,5)6)38-54(51)60(52)44-20-16-19-40(33-44)41-23-29-49-50-30-25-43(36-58(50)64(9,10)57(49)34-41)42-24-28-48-47-21-14-15-22-55(47)63(7,8)56(48)35-42/h11-38H,1-10H3. The highest BCUT2D eigenvalue weighted by atomic mass is 14.4. The Labute approximate surface area is 380 Å². The van der Waals surface area contributed by atoms with E-state index in [0.29, 0.717) is 0 Å². The molecular formula is C64H58. The minimum atomic E-state index is -0.158. The maximum absolute atomic E-state index is 2.48. The number of benzene rings is 9. The molecule has 9 aromatic rings. The first kappa shape index (κ1) is 40.3. The molecule has 0 bridgehead atoms. The molecule has 0 saturated heterocycles. The summed E-state index contributed by atoms with van der Waals surface area (Å²) in [6, 6.07) is 65.2. The highest BCUT2D eigenvalue weighted by molar-refractivity contribution is 6.21. The number of fused-ring (bicyclic) bond motifs is 8. The lowest BCUT2D eigenvalue weighted by molar-refractivity contribution is 0.590. The van der Waals surface area contributed by atoms with Crippen LogP contribution in [0.15, 0.2) is 170 Å². The smallest absolute Gasteiger partial charge is 0.0159 e. The Morgan fingerprint density at radius 2 is 0.672 bits per heavy atom. The van der Waals surface area contributed by atoms with Crippen molar-refractivity contribution in [3.05, 3.63) is 203 Å². The molecule has 0 nitrogen and oxygen atoms in total. The zero-order chi connectivity index (χ0) is 44.5. The van der Waals surface area contributed by atoms with E-state index in [1.165, 1.54) is 122 Å². The lowest BCUT2D eigenvalue weighted by Crippen LogP contribution is -2.15. The summed E-state index contributed by atoms with van der Waals surface area (Å²) in [4.78, 5) is 0. The summed E-state index contributed by atoms with van der Waals surface area (Å²) >= 11 is 0. The molecule has 0 spiro atoms. The summed E-state index contributed by atoms with van der Waals surface area (Å²) in [7, 11) is 0. The SMILES string of the molecule is CC(C)(C)c1ccc2c(-c3cccc(-c4ccc5c(c4)C(C)(C)c4cc(-c6ccc7c(c6)C(C)(C)c6ccccc6-7)ccc4-5)c3)c3cc(C(C)(C)C)ccc3c(-c3ccccc3)c2c1. The molecule has 11 rings (SSSR count). The molecule has 0 heterocycles. The fraction of sp³-hybridized carbons (Fsp3) is 0.219. The van der Waals surface area contributed by atoms with Gasteiger partial charge >= 0.3 is 0 Å². The molecule has 0 aliphatic heterocycles. The normalized spacial score (nSPS) is 14.7. The molecule has 0 heteroatoms. The molecule has 64 heavy (non-hydrogen) atoms. The van der Waals surface area contributed by atoms with Crippen LogP contribution in [0.4, 0.5) is 0 Å². The molecule has 0 atom stereocenters. The van der Waals surface area contributed by atoms with Crippen molar-refractivity contribution < 1.29 is 0 Å². The third-order valence-corrected chi connectivity index (χ3v) is 15.0. The first-order valence-corrected chi connectivity index (χ1v) is 23.2. The topological polar surface area (TPSA) is 0 Å². The summed E-state index contributed by atoms with van der Waals surface area (Å²) < 4.78 is 0. The van der Waals surface area contributed by atoms with Crippen molar-refractivity contribution in [3.63, 3.8) is 0 Å². The van der Waals surface area contributed by atoms with Gasteiger partial charge in [0.05, 0.1) is 0 Å². The van der Waals surface area contributed by atoms with Crippen LogP contribution < -0.4 is 0 Å². The van der Waals surface area contributed by atoms with Gasteiger partial charge in [0.25, 0.3) is 0 Å². The van der Waals surface area contributed by atoms with Gasteiger partial charge in [-0.3, -0.25) is 0 Å². The summed E-state index contributed by atoms with van der Waals surface area (Å²) in [6.07, 6.45) is 0. The second-order valence-corrected chi connectivity index (χ2v) is 21.8. The van der Waals surface area contributed by atoms with Gasteiger partial charge in [0.2, 0.25) is 0 Å². The zero-order valence-electron chi connectivity index (χ0n) is 39.2. The van der Waals surface area contributed by atoms with Crippen LogP contribution in [0.2, 0.25) is 0 Å². The summed E-state index contributed by atoms with van der Waals surface area (Å²) in [6.45, 7) is 23.5. The molecule has 0 fully saturated rings. The Bertz CT molecular complexity index is 3370. The molecule has 9 aromatic carbocycles. The third kappa shape index (κ3) is 6.17. The zero-order valence-corrected chi connectivity index (χ0v) is 39.2. The first-order chi connectivity index (χ1) is 30.5. The van der Waals surface area contributed by atoms with E-state index in [1.807, 2.05) is 0 Å². The molecule has 0 amide bonds. The second kappa shape index (κ2) is 14.0. The van der Waals surface area contributed by atoms with E-state index in [1.54, 1.807) is 0 Å². The predicted octanol–water partition coefficient (Wildman–Crippen LogP) is 17.9. The Kier molecular flexibility index (Phi) is 8.81. The molecule has 2 aliphatic carbocycles. The minimum Gasteiger partial charge on any atom is -0.0622 e. The van der Waals surface area contributed by atoms with Crippen LogP contribution in [0.1, 0.15) is 103 Å². The van der Waals surface area contributed by atoms with E-state index >= 15 is 0 Å². The van der Waals surface area contributed by atoms with Crippen molar-refractivity contribution in [2.45, 2.75) is 90.9 Å². The number of hydrogen-bond acceptors (Lipinski definition) is 0.